The van der Waals surface area contributed by atoms with Crippen LogP contribution in [0.4, 0.5) is 0 Å². The van der Waals surface area contributed by atoms with Crippen molar-refractivity contribution in [1.29, 1.82) is 0 Å². The van der Waals surface area contributed by atoms with Gasteiger partial charge in [-0.15, -0.1) is 18.3 Å². The van der Waals surface area contributed by atoms with Crippen LogP contribution in [-0.2, 0) is 9.47 Å². The number of hydrogen-bond donors (Lipinski definition) is 0. The molecular weight excluding hydrogens is 232 g/mol. The first kappa shape index (κ1) is 10.2. The highest BCUT2D eigenvalue weighted by atomic mass is 32.2. The number of benzene rings is 1. The molecule has 0 unspecified atom stereocenters. The van der Waals surface area contributed by atoms with Gasteiger partial charge >= 0.3 is 0 Å². The second kappa shape index (κ2) is 3.37. The van der Waals surface area contributed by atoms with Gasteiger partial charge in [-0.05, 0) is 12.1 Å². The maximum absolute atomic E-state index is 6.00. The summed E-state index contributed by atoms with van der Waals surface area (Å²) in [6.07, 6.45) is 3.75. The van der Waals surface area contributed by atoms with Gasteiger partial charge < -0.3 is 9.47 Å². The van der Waals surface area contributed by atoms with E-state index in [1.165, 1.54) is 4.90 Å². The lowest BCUT2D eigenvalue weighted by Gasteiger charge is -2.51. The smallest absolute Gasteiger partial charge is 0.118 e. The van der Waals surface area contributed by atoms with Gasteiger partial charge in [-0.25, -0.2) is 0 Å². The molecule has 2 nitrogen and oxygen atoms in total. The van der Waals surface area contributed by atoms with Gasteiger partial charge in [-0.3, -0.25) is 0 Å². The standard InChI is InChI=1S/C14H14O2S/c1-2-14-8-10-12(11(16-14)13(14)15-10)17-9-6-4-3-5-7-9/h2-7,10-13H,1,8H2/t10-,11+,12-,13-,14-/m0/s1. The number of hydrogen-bond acceptors (Lipinski definition) is 3. The lowest BCUT2D eigenvalue weighted by molar-refractivity contribution is -0.221. The van der Waals surface area contributed by atoms with Crippen LogP contribution in [0.1, 0.15) is 6.42 Å². The predicted molar refractivity (Wildman–Crippen MR) is 67.2 cm³/mol. The molecule has 0 aliphatic carbocycles. The van der Waals surface area contributed by atoms with Crippen molar-refractivity contribution in [2.45, 2.75) is 40.5 Å². The molecule has 2 bridgehead atoms. The Morgan fingerprint density at radius 3 is 2.82 bits per heavy atom. The topological polar surface area (TPSA) is 18.5 Å². The highest BCUT2D eigenvalue weighted by Crippen LogP contribution is 2.59. The van der Waals surface area contributed by atoms with Crippen LogP contribution in [0.25, 0.3) is 0 Å². The summed E-state index contributed by atoms with van der Waals surface area (Å²) in [4.78, 5) is 1.30. The van der Waals surface area contributed by atoms with Crippen molar-refractivity contribution in [2.75, 3.05) is 0 Å². The fraction of sp³-hybridized carbons (Fsp3) is 0.429. The van der Waals surface area contributed by atoms with E-state index in [9.17, 15) is 0 Å². The zero-order chi connectivity index (χ0) is 11.5. The van der Waals surface area contributed by atoms with E-state index >= 15 is 0 Å². The summed E-state index contributed by atoms with van der Waals surface area (Å²) in [5, 5.41) is 0.448. The van der Waals surface area contributed by atoms with Crippen LogP contribution in [0.15, 0.2) is 47.9 Å². The predicted octanol–water partition coefficient (Wildman–Crippen LogP) is 2.64. The van der Waals surface area contributed by atoms with Crippen LogP contribution < -0.4 is 0 Å². The summed E-state index contributed by atoms with van der Waals surface area (Å²) in [7, 11) is 0. The van der Waals surface area contributed by atoms with Gasteiger partial charge in [0.05, 0.1) is 11.4 Å². The van der Waals surface area contributed by atoms with E-state index < -0.39 is 0 Å². The Morgan fingerprint density at radius 2 is 2.18 bits per heavy atom. The normalized spacial score (nSPS) is 45.6. The summed E-state index contributed by atoms with van der Waals surface area (Å²) in [6.45, 7) is 3.87. The van der Waals surface area contributed by atoms with E-state index in [4.69, 9.17) is 9.47 Å². The maximum atomic E-state index is 6.00. The molecule has 0 saturated carbocycles. The zero-order valence-electron chi connectivity index (χ0n) is 9.41. The van der Waals surface area contributed by atoms with E-state index in [0.29, 0.717) is 11.4 Å². The van der Waals surface area contributed by atoms with Crippen LogP contribution in [0, 0.1) is 0 Å². The van der Waals surface area contributed by atoms with Gasteiger partial charge in [-0.2, -0.15) is 0 Å². The second-order valence-corrected chi connectivity index (χ2v) is 6.19. The van der Waals surface area contributed by atoms with Crippen LogP contribution in [0.5, 0.6) is 0 Å². The molecule has 3 aliphatic heterocycles. The number of ether oxygens (including phenoxy) is 2. The third-order valence-electron chi connectivity index (χ3n) is 4.03. The van der Waals surface area contributed by atoms with E-state index in [1.807, 2.05) is 23.9 Å². The largest absolute Gasteiger partial charge is 0.367 e. The van der Waals surface area contributed by atoms with Crippen molar-refractivity contribution in [2.24, 2.45) is 0 Å². The van der Waals surface area contributed by atoms with E-state index in [0.717, 1.165) is 6.42 Å². The fourth-order valence-electron chi connectivity index (χ4n) is 3.19. The molecule has 0 N–H and O–H groups in total. The molecule has 17 heavy (non-hydrogen) atoms. The molecule has 0 amide bonds. The van der Waals surface area contributed by atoms with Crippen molar-refractivity contribution >= 4 is 11.8 Å². The highest BCUT2D eigenvalue weighted by Gasteiger charge is 2.71. The van der Waals surface area contributed by atoms with Crippen molar-refractivity contribution in [3.63, 3.8) is 0 Å². The average molecular weight is 246 g/mol. The SMILES string of the molecule is C=C[C@]12C[C@@H]3O[C@H]1[C@H](O2)[C@H]3Sc1ccccc1. The Hall–Kier alpha value is -0.770. The maximum Gasteiger partial charge on any atom is 0.118 e. The van der Waals surface area contributed by atoms with Gasteiger partial charge in [0.15, 0.2) is 0 Å². The van der Waals surface area contributed by atoms with Crippen molar-refractivity contribution in [3.8, 4) is 0 Å². The molecule has 1 aromatic carbocycles. The molecule has 1 aromatic rings. The van der Waals surface area contributed by atoms with E-state index in [-0.39, 0.29) is 17.8 Å². The van der Waals surface area contributed by atoms with Crippen LogP contribution in [0.2, 0.25) is 0 Å². The summed E-state index contributed by atoms with van der Waals surface area (Å²) in [6, 6.07) is 10.5. The van der Waals surface area contributed by atoms with Crippen molar-refractivity contribution in [1.82, 2.24) is 0 Å². The molecule has 3 saturated heterocycles. The number of thioether (sulfide) groups is 1. The molecule has 3 fully saturated rings. The van der Waals surface area contributed by atoms with Crippen LogP contribution >= 0.6 is 11.8 Å². The minimum atomic E-state index is -0.150. The molecule has 0 spiro atoms. The molecule has 88 valence electrons. The second-order valence-electron chi connectivity index (χ2n) is 4.94. The average Bonchev–Trinajstić information content (AvgIpc) is 2.79. The first-order chi connectivity index (χ1) is 8.32. The summed E-state index contributed by atoms with van der Waals surface area (Å²) in [5.74, 6) is 0. The van der Waals surface area contributed by atoms with Crippen molar-refractivity contribution < 1.29 is 9.47 Å². The fourth-order valence-corrected chi connectivity index (χ4v) is 4.46. The molecule has 3 aliphatic rings. The lowest BCUT2D eigenvalue weighted by atomic mass is 9.76. The first-order valence-corrected chi connectivity index (χ1v) is 6.89. The quantitative estimate of drug-likeness (QED) is 0.764. The molecule has 3 heterocycles. The Balaban J connectivity index is 1.55. The van der Waals surface area contributed by atoms with Gasteiger partial charge in [-0.1, -0.05) is 24.3 Å². The number of fused-ring (bicyclic) bond motifs is 1. The van der Waals surface area contributed by atoms with E-state index in [1.54, 1.807) is 0 Å². The lowest BCUT2D eigenvalue weighted by Crippen LogP contribution is -2.65. The van der Waals surface area contributed by atoms with Crippen LogP contribution in [-0.4, -0.2) is 29.2 Å². The zero-order valence-corrected chi connectivity index (χ0v) is 10.2. The van der Waals surface area contributed by atoms with Gasteiger partial charge in [0.2, 0.25) is 0 Å². The highest BCUT2D eigenvalue weighted by molar-refractivity contribution is 8.00. The third kappa shape index (κ3) is 1.25. The summed E-state index contributed by atoms with van der Waals surface area (Å²) in [5.41, 5.74) is -0.150. The molecule has 0 radical (unpaired) electrons. The minimum absolute atomic E-state index is 0.150. The third-order valence-corrected chi connectivity index (χ3v) is 5.42. The molecule has 5 atom stereocenters. The van der Waals surface area contributed by atoms with Gasteiger partial charge in [0.1, 0.15) is 17.8 Å². The van der Waals surface area contributed by atoms with Gasteiger partial charge in [0, 0.05) is 11.3 Å². The van der Waals surface area contributed by atoms with Crippen molar-refractivity contribution in [3.05, 3.63) is 43.0 Å². The molecule has 0 aromatic heterocycles. The van der Waals surface area contributed by atoms with Crippen LogP contribution in [0.3, 0.4) is 0 Å². The minimum Gasteiger partial charge on any atom is -0.367 e. The molecule has 4 rings (SSSR count). The van der Waals surface area contributed by atoms with Gasteiger partial charge in [0.25, 0.3) is 0 Å². The monoisotopic (exact) mass is 246 g/mol. The van der Waals surface area contributed by atoms with E-state index in [2.05, 4.69) is 30.8 Å². The Labute approximate surface area is 105 Å². The number of rotatable bonds is 3. The summed E-state index contributed by atoms with van der Waals surface area (Å²) >= 11 is 1.89. The molecular formula is C14H14O2S. The summed E-state index contributed by atoms with van der Waals surface area (Å²) < 4.78 is 12.0. The Morgan fingerprint density at radius 1 is 1.35 bits per heavy atom. The molecule has 3 heteroatoms. The Kier molecular flexibility index (Phi) is 2.02. The Bertz CT molecular complexity index is 459. The first-order valence-electron chi connectivity index (χ1n) is 6.01.